The Morgan fingerprint density at radius 3 is 2.56 bits per heavy atom. The predicted molar refractivity (Wildman–Crippen MR) is 75.9 cm³/mol. The van der Waals surface area contributed by atoms with Crippen LogP contribution in [0.2, 0.25) is 0 Å². The molecule has 0 aliphatic carbocycles. The van der Waals surface area contributed by atoms with Crippen molar-refractivity contribution in [3.63, 3.8) is 0 Å². The molecular weight excluding hydrogens is 226 g/mol. The van der Waals surface area contributed by atoms with Crippen molar-refractivity contribution >= 4 is 5.82 Å². The molecule has 0 bridgehead atoms. The summed E-state index contributed by atoms with van der Waals surface area (Å²) >= 11 is 0. The average molecular weight is 251 g/mol. The lowest BCUT2D eigenvalue weighted by molar-refractivity contribution is 0.201. The van der Waals surface area contributed by atoms with Gasteiger partial charge in [0, 0.05) is 32.4 Å². The number of aliphatic hydroxyl groups is 1. The van der Waals surface area contributed by atoms with Crippen molar-refractivity contribution in [2.24, 2.45) is 0 Å². The molecule has 1 atom stereocenters. The van der Waals surface area contributed by atoms with Gasteiger partial charge in [-0.05, 0) is 31.0 Å². The second-order valence-electron chi connectivity index (χ2n) is 5.25. The van der Waals surface area contributed by atoms with E-state index in [1.807, 2.05) is 18.1 Å². The first-order valence-electron chi connectivity index (χ1n) is 6.48. The molecule has 0 aromatic carbocycles. The number of nitrogens with zero attached hydrogens (tertiary/aromatic N) is 2. The molecule has 0 aliphatic rings. The minimum atomic E-state index is -0.349. The lowest BCUT2D eigenvalue weighted by atomic mass is 10.2. The largest absolute Gasteiger partial charge is 0.392 e. The summed E-state index contributed by atoms with van der Waals surface area (Å²) in [5.41, 5.74) is 2.33. The van der Waals surface area contributed by atoms with Gasteiger partial charge < -0.3 is 15.3 Å². The van der Waals surface area contributed by atoms with Gasteiger partial charge in [-0.15, -0.1) is 0 Å². The molecule has 0 amide bonds. The number of hydrogen-bond donors (Lipinski definition) is 2. The first-order valence-corrected chi connectivity index (χ1v) is 6.48. The minimum Gasteiger partial charge on any atom is -0.392 e. The van der Waals surface area contributed by atoms with Crippen LogP contribution in [0.15, 0.2) is 12.3 Å². The summed E-state index contributed by atoms with van der Waals surface area (Å²) in [4.78, 5) is 6.47. The van der Waals surface area contributed by atoms with Crippen LogP contribution < -0.4 is 10.2 Å². The Morgan fingerprint density at radius 1 is 1.39 bits per heavy atom. The lowest BCUT2D eigenvalue weighted by Gasteiger charge is -2.22. The van der Waals surface area contributed by atoms with Crippen LogP contribution >= 0.6 is 0 Å². The van der Waals surface area contributed by atoms with Crippen molar-refractivity contribution in [3.8, 4) is 0 Å². The number of hydrogen-bond acceptors (Lipinski definition) is 4. The topological polar surface area (TPSA) is 48.4 Å². The Labute approximate surface area is 110 Å². The molecule has 4 nitrogen and oxygen atoms in total. The van der Waals surface area contributed by atoms with Gasteiger partial charge in [-0.25, -0.2) is 4.98 Å². The molecule has 1 aromatic rings. The van der Waals surface area contributed by atoms with Gasteiger partial charge in [0.05, 0.1) is 6.10 Å². The average Bonchev–Trinajstić information content (AvgIpc) is 2.25. The Bertz CT molecular complexity index is 377. The SMILES string of the molecule is Cc1cc(CNC(C)C)cnc1N(C)CC(C)O. The Kier molecular flexibility index (Phi) is 5.56. The van der Waals surface area contributed by atoms with E-state index in [4.69, 9.17) is 0 Å². The van der Waals surface area contributed by atoms with Crippen molar-refractivity contribution in [1.29, 1.82) is 0 Å². The van der Waals surface area contributed by atoms with E-state index >= 15 is 0 Å². The van der Waals surface area contributed by atoms with Crippen LogP contribution in [0.1, 0.15) is 31.9 Å². The van der Waals surface area contributed by atoms with Crippen molar-refractivity contribution < 1.29 is 5.11 Å². The summed E-state index contributed by atoms with van der Waals surface area (Å²) < 4.78 is 0. The number of anilines is 1. The fourth-order valence-corrected chi connectivity index (χ4v) is 1.93. The van der Waals surface area contributed by atoms with Gasteiger partial charge in [0.25, 0.3) is 0 Å². The Balaban J connectivity index is 2.73. The smallest absolute Gasteiger partial charge is 0.131 e. The molecule has 0 saturated heterocycles. The molecule has 0 saturated carbocycles. The van der Waals surface area contributed by atoms with E-state index in [-0.39, 0.29) is 6.10 Å². The first-order chi connectivity index (χ1) is 8.40. The van der Waals surface area contributed by atoms with E-state index in [0.29, 0.717) is 12.6 Å². The summed E-state index contributed by atoms with van der Waals surface area (Å²) in [6.07, 6.45) is 1.55. The molecule has 2 N–H and O–H groups in total. The maximum atomic E-state index is 9.40. The summed E-state index contributed by atoms with van der Waals surface area (Å²) in [7, 11) is 1.95. The van der Waals surface area contributed by atoms with Gasteiger partial charge in [-0.3, -0.25) is 0 Å². The molecule has 1 unspecified atom stereocenters. The van der Waals surface area contributed by atoms with Gasteiger partial charge in [0.2, 0.25) is 0 Å². The number of likely N-dealkylation sites (N-methyl/N-ethyl adjacent to an activating group) is 1. The fraction of sp³-hybridized carbons (Fsp3) is 0.643. The van der Waals surface area contributed by atoms with E-state index in [2.05, 4.69) is 37.1 Å². The standard InChI is InChI=1S/C14H25N3O/c1-10(2)15-7-13-6-11(3)14(16-8-13)17(5)9-12(4)18/h6,8,10,12,15,18H,7,9H2,1-5H3. The molecule has 0 radical (unpaired) electrons. The van der Waals surface area contributed by atoms with E-state index in [0.717, 1.165) is 17.9 Å². The number of aromatic nitrogens is 1. The van der Waals surface area contributed by atoms with Gasteiger partial charge in [0.15, 0.2) is 0 Å². The highest BCUT2D eigenvalue weighted by molar-refractivity contribution is 5.46. The highest BCUT2D eigenvalue weighted by atomic mass is 16.3. The zero-order valence-corrected chi connectivity index (χ0v) is 12.1. The molecule has 0 fully saturated rings. The molecule has 1 aromatic heterocycles. The van der Waals surface area contributed by atoms with Crippen molar-refractivity contribution in [1.82, 2.24) is 10.3 Å². The molecule has 18 heavy (non-hydrogen) atoms. The van der Waals surface area contributed by atoms with Crippen LogP contribution in [-0.2, 0) is 6.54 Å². The van der Waals surface area contributed by atoms with Crippen LogP contribution in [0.25, 0.3) is 0 Å². The van der Waals surface area contributed by atoms with E-state index in [9.17, 15) is 5.11 Å². The van der Waals surface area contributed by atoms with E-state index in [1.54, 1.807) is 6.92 Å². The molecular formula is C14H25N3O. The molecule has 0 aliphatic heterocycles. The maximum Gasteiger partial charge on any atom is 0.131 e. The second-order valence-corrected chi connectivity index (χ2v) is 5.25. The summed E-state index contributed by atoms with van der Waals surface area (Å²) in [6, 6.07) is 2.62. The minimum absolute atomic E-state index is 0.349. The van der Waals surface area contributed by atoms with Crippen LogP contribution in [0.4, 0.5) is 5.82 Å². The van der Waals surface area contributed by atoms with Gasteiger partial charge in [-0.1, -0.05) is 13.8 Å². The molecule has 4 heteroatoms. The Morgan fingerprint density at radius 2 is 2.06 bits per heavy atom. The van der Waals surface area contributed by atoms with Crippen molar-refractivity contribution in [2.45, 2.75) is 46.4 Å². The zero-order chi connectivity index (χ0) is 13.7. The third-order valence-electron chi connectivity index (χ3n) is 2.72. The van der Waals surface area contributed by atoms with Crippen LogP contribution in [0, 0.1) is 6.92 Å². The third-order valence-corrected chi connectivity index (χ3v) is 2.72. The highest BCUT2D eigenvalue weighted by Crippen LogP contribution is 2.16. The maximum absolute atomic E-state index is 9.40. The van der Waals surface area contributed by atoms with Crippen molar-refractivity contribution in [3.05, 3.63) is 23.4 Å². The molecule has 1 heterocycles. The highest BCUT2D eigenvalue weighted by Gasteiger charge is 2.09. The third kappa shape index (κ3) is 4.63. The number of rotatable bonds is 6. The monoisotopic (exact) mass is 251 g/mol. The molecule has 1 rings (SSSR count). The van der Waals surface area contributed by atoms with Gasteiger partial charge in [-0.2, -0.15) is 0 Å². The number of aryl methyl sites for hydroxylation is 1. The molecule has 0 spiro atoms. The fourth-order valence-electron chi connectivity index (χ4n) is 1.93. The summed E-state index contributed by atoms with van der Waals surface area (Å²) in [6.45, 7) is 9.53. The zero-order valence-electron chi connectivity index (χ0n) is 12.1. The first kappa shape index (κ1) is 14.9. The predicted octanol–water partition coefficient (Wildman–Crippen LogP) is 1.71. The molecule has 102 valence electrons. The van der Waals surface area contributed by atoms with Crippen LogP contribution in [0.3, 0.4) is 0 Å². The number of nitrogens with one attached hydrogen (secondary N) is 1. The summed E-state index contributed by atoms with van der Waals surface area (Å²) in [5, 5.41) is 12.8. The number of pyridine rings is 1. The van der Waals surface area contributed by atoms with E-state index < -0.39 is 0 Å². The quantitative estimate of drug-likeness (QED) is 0.808. The summed E-state index contributed by atoms with van der Waals surface area (Å²) in [5.74, 6) is 0.934. The van der Waals surface area contributed by atoms with Crippen LogP contribution in [0.5, 0.6) is 0 Å². The Hall–Kier alpha value is -1.13. The second kappa shape index (κ2) is 6.71. The van der Waals surface area contributed by atoms with E-state index in [1.165, 1.54) is 5.56 Å². The lowest BCUT2D eigenvalue weighted by Crippen LogP contribution is -2.28. The normalized spacial score (nSPS) is 12.8. The number of aliphatic hydroxyl groups excluding tert-OH is 1. The van der Waals surface area contributed by atoms with Crippen molar-refractivity contribution in [2.75, 3.05) is 18.5 Å². The van der Waals surface area contributed by atoms with Gasteiger partial charge >= 0.3 is 0 Å². The van der Waals surface area contributed by atoms with Gasteiger partial charge in [0.1, 0.15) is 5.82 Å². The van der Waals surface area contributed by atoms with Crippen LogP contribution in [-0.4, -0.2) is 35.8 Å².